The van der Waals surface area contributed by atoms with Crippen molar-refractivity contribution in [1.82, 2.24) is 0 Å². The summed E-state index contributed by atoms with van der Waals surface area (Å²) < 4.78 is 33.4. The van der Waals surface area contributed by atoms with Crippen LogP contribution in [0.2, 0.25) is 0 Å². The van der Waals surface area contributed by atoms with Gasteiger partial charge in [0.25, 0.3) is 0 Å². The Morgan fingerprint density at radius 2 is 1.41 bits per heavy atom. The molecular formula is C31H32FNO9S2. The SMILES string of the molecule is COc1cc2sc(C(=O)CC(C)C(=O)O)cc2cc1NCCCOc1c(OC)cc2sc(C(=O)CC(C)C(=O)O)cc2c1F. The van der Waals surface area contributed by atoms with Crippen molar-refractivity contribution in [1.29, 1.82) is 0 Å². The molecule has 2 aromatic carbocycles. The van der Waals surface area contributed by atoms with Gasteiger partial charge in [-0.15, -0.1) is 22.7 Å². The van der Waals surface area contributed by atoms with E-state index in [1.807, 2.05) is 12.1 Å². The predicted molar refractivity (Wildman–Crippen MR) is 167 cm³/mol. The van der Waals surface area contributed by atoms with E-state index in [1.54, 1.807) is 12.1 Å². The van der Waals surface area contributed by atoms with Crippen LogP contribution < -0.4 is 19.5 Å². The smallest absolute Gasteiger partial charge is 0.306 e. The molecule has 0 bridgehead atoms. The van der Waals surface area contributed by atoms with Crippen LogP contribution in [0.3, 0.4) is 0 Å². The lowest BCUT2D eigenvalue weighted by Gasteiger charge is -2.14. The molecule has 0 fully saturated rings. The summed E-state index contributed by atoms with van der Waals surface area (Å²) in [5, 5.41) is 22.5. The van der Waals surface area contributed by atoms with E-state index in [4.69, 9.17) is 24.4 Å². The molecule has 0 aliphatic carbocycles. The van der Waals surface area contributed by atoms with Gasteiger partial charge in [-0.2, -0.15) is 0 Å². The van der Waals surface area contributed by atoms with Gasteiger partial charge in [0.2, 0.25) is 0 Å². The second-order valence-corrected chi connectivity index (χ2v) is 12.5. The number of carboxylic acid groups (broad SMARTS) is 2. The van der Waals surface area contributed by atoms with Gasteiger partial charge >= 0.3 is 11.9 Å². The molecule has 10 nitrogen and oxygen atoms in total. The number of Topliss-reactive ketones (excluding diaryl/α,β-unsaturated/α-hetero) is 2. The Balaban J connectivity index is 1.41. The molecule has 0 aliphatic rings. The van der Waals surface area contributed by atoms with Gasteiger partial charge < -0.3 is 29.7 Å². The molecule has 2 aromatic heterocycles. The number of anilines is 1. The first-order chi connectivity index (χ1) is 20.9. The normalized spacial score (nSPS) is 12.6. The molecule has 0 saturated heterocycles. The maximum atomic E-state index is 15.5. The number of halogens is 1. The van der Waals surface area contributed by atoms with Gasteiger partial charge in [-0.05, 0) is 30.0 Å². The maximum Gasteiger partial charge on any atom is 0.306 e. The lowest BCUT2D eigenvalue weighted by molar-refractivity contribution is -0.141. The number of carbonyl (C=O) groups excluding carboxylic acids is 2. The predicted octanol–water partition coefficient (Wildman–Crippen LogP) is 6.74. The highest BCUT2D eigenvalue weighted by molar-refractivity contribution is 7.21. The molecule has 0 saturated carbocycles. The number of ketones is 2. The van der Waals surface area contributed by atoms with E-state index in [1.165, 1.54) is 45.5 Å². The third-order valence-corrected chi connectivity index (χ3v) is 9.26. The van der Waals surface area contributed by atoms with Crippen LogP contribution >= 0.6 is 22.7 Å². The highest BCUT2D eigenvalue weighted by Crippen LogP contribution is 2.41. The molecule has 0 spiro atoms. The van der Waals surface area contributed by atoms with Gasteiger partial charge in [-0.3, -0.25) is 19.2 Å². The lowest BCUT2D eigenvalue weighted by atomic mass is 10.0. The average molecular weight is 646 g/mol. The van der Waals surface area contributed by atoms with Gasteiger partial charge in [-0.25, -0.2) is 4.39 Å². The third-order valence-electron chi connectivity index (χ3n) is 7.00. The van der Waals surface area contributed by atoms with E-state index in [-0.39, 0.29) is 52.8 Å². The quantitative estimate of drug-likeness (QED) is 0.0884. The van der Waals surface area contributed by atoms with Gasteiger partial charge in [-0.1, -0.05) is 13.8 Å². The highest BCUT2D eigenvalue weighted by Gasteiger charge is 2.23. The van der Waals surface area contributed by atoms with E-state index >= 15 is 4.39 Å². The number of methoxy groups -OCH3 is 2. The second kappa shape index (κ2) is 14.0. The fourth-order valence-corrected chi connectivity index (χ4v) is 6.49. The van der Waals surface area contributed by atoms with Crippen molar-refractivity contribution in [3.05, 3.63) is 45.9 Å². The van der Waals surface area contributed by atoms with E-state index in [2.05, 4.69) is 5.32 Å². The number of thiophene rings is 2. The first-order valence-electron chi connectivity index (χ1n) is 13.7. The van der Waals surface area contributed by atoms with Crippen LogP contribution in [0.15, 0.2) is 30.3 Å². The van der Waals surface area contributed by atoms with E-state index in [9.17, 15) is 19.2 Å². The Hall–Kier alpha value is -4.23. The van der Waals surface area contributed by atoms with E-state index < -0.39 is 29.6 Å². The number of rotatable bonds is 16. The zero-order valence-electron chi connectivity index (χ0n) is 24.5. The number of carboxylic acids is 2. The summed E-state index contributed by atoms with van der Waals surface area (Å²) in [5.74, 6) is -4.33. The van der Waals surface area contributed by atoms with E-state index in [0.717, 1.165) is 21.4 Å². The number of nitrogens with one attached hydrogen (secondary N) is 1. The Kier molecular flexibility index (Phi) is 10.4. The van der Waals surface area contributed by atoms with Crippen LogP contribution in [-0.4, -0.2) is 61.1 Å². The second-order valence-electron chi connectivity index (χ2n) is 10.3. The number of hydrogen-bond donors (Lipinski definition) is 3. The van der Waals surface area contributed by atoms with Gasteiger partial charge in [0.1, 0.15) is 5.75 Å². The maximum absolute atomic E-state index is 15.5. The summed E-state index contributed by atoms with van der Waals surface area (Å²) in [6, 6.07) is 8.42. The molecule has 0 aliphatic heterocycles. The molecule has 44 heavy (non-hydrogen) atoms. The van der Waals surface area contributed by atoms with Crippen LogP contribution in [0.25, 0.3) is 20.2 Å². The van der Waals surface area contributed by atoms with E-state index in [0.29, 0.717) is 34.0 Å². The summed E-state index contributed by atoms with van der Waals surface area (Å²) in [4.78, 5) is 48.1. The fraction of sp³-hybridized carbons (Fsp3) is 0.355. The molecule has 3 N–H and O–H groups in total. The van der Waals surface area contributed by atoms with Gasteiger partial charge in [0.05, 0.1) is 48.1 Å². The summed E-state index contributed by atoms with van der Waals surface area (Å²) in [7, 11) is 2.92. The first-order valence-corrected chi connectivity index (χ1v) is 15.4. The number of aliphatic carboxylic acids is 2. The van der Waals surface area contributed by atoms with Crippen molar-refractivity contribution in [2.75, 3.05) is 32.7 Å². The summed E-state index contributed by atoms with van der Waals surface area (Å²) in [6.45, 7) is 3.53. The molecule has 0 amide bonds. The monoisotopic (exact) mass is 645 g/mol. The number of hydrogen-bond acceptors (Lipinski definition) is 10. The van der Waals surface area contributed by atoms with Crippen LogP contribution in [0, 0.1) is 17.7 Å². The number of ether oxygens (including phenoxy) is 3. The van der Waals surface area contributed by atoms with Crippen LogP contribution in [0.5, 0.6) is 17.2 Å². The minimum atomic E-state index is -1.08. The highest BCUT2D eigenvalue weighted by atomic mass is 32.1. The van der Waals surface area contributed by atoms with Crippen molar-refractivity contribution in [2.45, 2.75) is 33.1 Å². The summed E-state index contributed by atoms with van der Waals surface area (Å²) >= 11 is 2.35. The Morgan fingerprint density at radius 3 is 2.00 bits per heavy atom. The molecule has 2 heterocycles. The Bertz CT molecular complexity index is 1730. The third kappa shape index (κ3) is 7.28. The van der Waals surface area contributed by atoms with Gasteiger partial charge in [0, 0.05) is 46.3 Å². The van der Waals surface area contributed by atoms with Crippen molar-refractivity contribution >= 4 is 72.0 Å². The Labute approximate surface area is 260 Å². The van der Waals surface area contributed by atoms with Crippen molar-refractivity contribution < 1.29 is 48.0 Å². The first kappa shape index (κ1) is 32.7. The minimum absolute atomic E-state index is 0.0811. The molecule has 0 radical (unpaired) electrons. The van der Waals surface area contributed by atoms with Gasteiger partial charge in [0.15, 0.2) is 28.9 Å². The van der Waals surface area contributed by atoms with Crippen molar-refractivity contribution in [3.8, 4) is 17.2 Å². The van der Waals surface area contributed by atoms with Crippen LogP contribution in [0.4, 0.5) is 10.1 Å². The zero-order chi connectivity index (χ0) is 32.1. The molecule has 4 aromatic rings. The standard InChI is InChI=1S/C31H32FNO9S2/c1-15(30(36)37)8-20(34)26-11-17-10-19(22(40-3)13-24(17)43-26)33-6-5-7-42-29-23(41-4)14-25-18(28(29)32)12-27(44-25)21(35)9-16(2)31(38)39/h10-16,33H,5-9H2,1-4H3,(H,36,37)(H,38,39). The molecule has 2 unspecified atom stereocenters. The number of fused-ring (bicyclic) bond motifs is 2. The zero-order valence-corrected chi connectivity index (χ0v) is 26.2. The minimum Gasteiger partial charge on any atom is -0.495 e. The number of carbonyl (C=O) groups is 4. The lowest BCUT2D eigenvalue weighted by Crippen LogP contribution is -2.13. The molecular weight excluding hydrogens is 613 g/mol. The fourth-order valence-electron chi connectivity index (χ4n) is 4.44. The summed E-state index contributed by atoms with van der Waals surface area (Å²) in [5.41, 5.74) is 0.688. The summed E-state index contributed by atoms with van der Waals surface area (Å²) in [6.07, 6.45) is 0.204. The average Bonchev–Trinajstić information content (AvgIpc) is 3.61. The van der Waals surface area contributed by atoms with Crippen LogP contribution in [-0.2, 0) is 9.59 Å². The molecule has 4 rings (SSSR count). The van der Waals surface area contributed by atoms with Crippen molar-refractivity contribution in [3.63, 3.8) is 0 Å². The molecule has 2 atom stereocenters. The van der Waals surface area contributed by atoms with Crippen LogP contribution in [0.1, 0.15) is 52.5 Å². The molecule has 234 valence electrons. The number of benzene rings is 2. The topological polar surface area (TPSA) is 148 Å². The molecule has 13 heteroatoms. The Morgan fingerprint density at radius 1 is 0.841 bits per heavy atom. The largest absolute Gasteiger partial charge is 0.495 e. The van der Waals surface area contributed by atoms with Crippen molar-refractivity contribution in [2.24, 2.45) is 11.8 Å².